The van der Waals surface area contributed by atoms with Crippen LogP contribution in [0.2, 0.25) is 0 Å². The molecule has 0 aliphatic carbocycles. The fraction of sp³-hybridized carbons (Fsp3) is 0.333. The topological polar surface area (TPSA) is 120 Å². The summed E-state index contributed by atoms with van der Waals surface area (Å²) in [5.74, 6) is 0.0705. The van der Waals surface area contributed by atoms with Crippen LogP contribution in [0, 0.1) is 0 Å². The normalized spacial score (nSPS) is 15.9. The van der Waals surface area contributed by atoms with Gasteiger partial charge in [-0.2, -0.15) is 4.31 Å². The summed E-state index contributed by atoms with van der Waals surface area (Å²) in [7, 11) is -3.65. The summed E-state index contributed by atoms with van der Waals surface area (Å²) in [5, 5.41) is 2.65. The molecule has 2 aliphatic rings. The molecule has 1 fully saturated rings. The summed E-state index contributed by atoms with van der Waals surface area (Å²) in [6, 6.07) is 10.7. The molecule has 4 rings (SSSR count). The first-order valence-corrected chi connectivity index (χ1v) is 11.4. The van der Waals surface area contributed by atoms with Gasteiger partial charge < -0.3 is 24.3 Å². The van der Waals surface area contributed by atoms with Crippen LogP contribution < -0.4 is 14.8 Å². The third-order valence-corrected chi connectivity index (χ3v) is 6.87. The molecule has 0 radical (unpaired) electrons. The zero-order valence-electron chi connectivity index (χ0n) is 17.1. The van der Waals surface area contributed by atoms with Gasteiger partial charge in [0.25, 0.3) is 5.91 Å². The number of nitrogens with zero attached hydrogens (tertiary/aromatic N) is 1. The van der Waals surface area contributed by atoms with Crippen molar-refractivity contribution in [1.29, 1.82) is 0 Å². The highest BCUT2D eigenvalue weighted by Gasteiger charge is 2.26. The highest BCUT2D eigenvalue weighted by atomic mass is 32.2. The Kier molecular flexibility index (Phi) is 6.58. The van der Waals surface area contributed by atoms with E-state index in [9.17, 15) is 18.0 Å². The molecule has 1 N–H and O–H groups in total. The van der Waals surface area contributed by atoms with E-state index in [0.717, 1.165) is 5.56 Å². The number of fused-ring (bicyclic) bond motifs is 1. The van der Waals surface area contributed by atoms with Gasteiger partial charge in [-0.3, -0.25) is 4.79 Å². The smallest absolute Gasteiger partial charge is 0.338 e. The van der Waals surface area contributed by atoms with Crippen LogP contribution in [0.15, 0.2) is 47.4 Å². The number of esters is 1. The highest BCUT2D eigenvalue weighted by Crippen LogP contribution is 2.32. The molecular weight excluding hydrogens is 440 g/mol. The van der Waals surface area contributed by atoms with Gasteiger partial charge in [-0.05, 0) is 42.0 Å². The molecule has 0 spiro atoms. The second-order valence-corrected chi connectivity index (χ2v) is 9.02. The SMILES string of the molecule is O=C(COC(=O)c1ccc(S(=O)(=O)N2CCOCC2)cc1)NCc1ccc2c(c1)OCO2. The standard InChI is InChI=1S/C21H22N2O8S/c24-20(22-12-15-1-6-18-19(11-15)31-14-30-18)13-29-21(25)16-2-4-17(5-3-16)32(26,27)23-7-9-28-10-8-23/h1-6,11H,7-10,12-14H2,(H,22,24). The molecule has 32 heavy (non-hydrogen) atoms. The number of hydrogen-bond acceptors (Lipinski definition) is 8. The first-order chi connectivity index (χ1) is 15.4. The lowest BCUT2D eigenvalue weighted by atomic mass is 10.2. The number of sulfonamides is 1. The van der Waals surface area contributed by atoms with Gasteiger partial charge in [0.1, 0.15) is 0 Å². The Bertz CT molecular complexity index is 1100. The van der Waals surface area contributed by atoms with Crippen LogP contribution in [-0.2, 0) is 30.8 Å². The summed E-state index contributed by atoms with van der Waals surface area (Å²) in [4.78, 5) is 24.3. The van der Waals surface area contributed by atoms with Crippen LogP contribution in [0.3, 0.4) is 0 Å². The van der Waals surface area contributed by atoms with Gasteiger partial charge in [0, 0.05) is 19.6 Å². The van der Waals surface area contributed by atoms with E-state index < -0.39 is 28.5 Å². The van der Waals surface area contributed by atoms with Crippen molar-refractivity contribution in [2.45, 2.75) is 11.4 Å². The number of carbonyl (C=O) groups excluding carboxylic acids is 2. The molecule has 10 nitrogen and oxygen atoms in total. The molecule has 1 amide bonds. The maximum atomic E-state index is 12.6. The van der Waals surface area contributed by atoms with Crippen LogP contribution in [0.25, 0.3) is 0 Å². The van der Waals surface area contributed by atoms with Gasteiger partial charge >= 0.3 is 5.97 Å². The number of rotatable bonds is 7. The van der Waals surface area contributed by atoms with Crippen molar-refractivity contribution < 1.29 is 37.0 Å². The monoisotopic (exact) mass is 462 g/mol. The Balaban J connectivity index is 1.27. The van der Waals surface area contributed by atoms with Crippen LogP contribution in [0.5, 0.6) is 11.5 Å². The summed E-state index contributed by atoms with van der Waals surface area (Å²) in [6.45, 7) is 1.21. The van der Waals surface area contributed by atoms with Gasteiger partial charge in [0.15, 0.2) is 18.1 Å². The van der Waals surface area contributed by atoms with Crippen molar-refractivity contribution in [1.82, 2.24) is 9.62 Å². The van der Waals surface area contributed by atoms with E-state index in [1.807, 2.05) is 0 Å². The summed E-state index contributed by atoms with van der Waals surface area (Å²) >= 11 is 0. The fourth-order valence-corrected chi connectivity index (χ4v) is 4.62. The Morgan fingerprint density at radius 2 is 1.72 bits per heavy atom. The lowest BCUT2D eigenvalue weighted by molar-refractivity contribution is -0.124. The number of hydrogen-bond donors (Lipinski definition) is 1. The van der Waals surface area contributed by atoms with Gasteiger partial charge in [-0.25, -0.2) is 13.2 Å². The zero-order valence-corrected chi connectivity index (χ0v) is 17.9. The van der Waals surface area contributed by atoms with E-state index in [2.05, 4.69) is 5.32 Å². The first kappa shape index (κ1) is 22.1. The molecule has 2 aliphatic heterocycles. The quantitative estimate of drug-likeness (QED) is 0.603. The molecule has 0 unspecified atom stereocenters. The maximum Gasteiger partial charge on any atom is 0.338 e. The molecule has 2 aromatic rings. The molecule has 11 heteroatoms. The molecule has 1 saturated heterocycles. The highest BCUT2D eigenvalue weighted by molar-refractivity contribution is 7.89. The number of ether oxygens (including phenoxy) is 4. The molecule has 0 atom stereocenters. The van der Waals surface area contributed by atoms with E-state index in [4.69, 9.17) is 18.9 Å². The van der Waals surface area contributed by atoms with Gasteiger partial charge in [-0.1, -0.05) is 6.07 Å². The molecule has 0 aromatic heterocycles. The van der Waals surface area contributed by atoms with Crippen LogP contribution in [-0.4, -0.2) is 64.3 Å². The largest absolute Gasteiger partial charge is 0.454 e. The average Bonchev–Trinajstić information content (AvgIpc) is 3.30. The van der Waals surface area contributed by atoms with Crippen LogP contribution >= 0.6 is 0 Å². The minimum atomic E-state index is -3.65. The molecule has 2 aromatic carbocycles. The van der Waals surface area contributed by atoms with Crippen molar-refractivity contribution >= 4 is 21.9 Å². The Morgan fingerprint density at radius 1 is 1.00 bits per heavy atom. The predicted molar refractivity (Wildman–Crippen MR) is 111 cm³/mol. The average molecular weight is 462 g/mol. The lowest BCUT2D eigenvalue weighted by Gasteiger charge is -2.26. The third kappa shape index (κ3) is 5.01. The number of benzene rings is 2. The summed E-state index contributed by atoms with van der Waals surface area (Å²) in [5.41, 5.74) is 0.959. The van der Waals surface area contributed by atoms with E-state index >= 15 is 0 Å². The summed E-state index contributed by atoms with van der Waals surface area (Å²) < 4.78 is 47.3. The van der Waals surface area contributed by atoms with Crippen molar-refractivity contribution in [2.75, 3.05) is 39.7 Å². The Hall–Kier alpha value is -3.15. The number of nitrogens with one attached hydrogen (secondary N) is 1. The fourth-order valence-electron chi connectivity index (χ4n) is 3.22. The first-order valence-electron chi connectivity index (χ1n) is 9.94. The van der Waals surface area contributed by atoms with Crippen molar-refractivity contribution in [3.63, 3.8) is 0 Å². The van der Waals surface area contributed by atoms with E-state index in [1.165, 1.54) is 28.6 Å². The third-order valence-electron chi connectivity index (χ3n) is 4.96. The van der Waals surface area contributed by atoms with Crippen LogP contribution in [0.1, 0.15) is 15.9 Å². The predicted octanol–water partition coefficient (Wildman–Crippen LogP) is 0.909. The minimum Gasteiger partial charge on any atom is -0.454 e. The maximum absolute atomic E-state index is 12.6. The van der Waals surface area contributed by atoms with Crippen molar-refractivity contribution in [3.8, 4) is 11.5 Å². The van der Waals surface area contributed by atoms with E-state index in [0.29, 0.717) is 24.7 Å². The summed E-state index contributed by atoms with van der Waals surface area (Å²) in [6.07, 6.45) is 0. The zero-order chi connectivity index (χ0) is 22.6. The number of carbonyl (C=O) groups is 2. The second kappa shape index (κ2) is 9.55. The number of morpholine rings is 1. The Morgan fingerprint density at radius 3 is 2.47 bits per heavy atom. The minimum absolute atomic E-state index is 0.0809. The number of amides is 1. The van der Waals surface area contributed by atoms with Crippen LogP contribution in [0.4, 0.5) is 0 Å². The van der Waals surface area contributed by atoms with Crippen molar-refractivity contribution in [3.05, 3.63) is 53.6 Å². The molecule has 170 valence electrons. The van der Waals surface area contributed by atoms with E-state index in [1.54, 1.807) is 18.2 Å². The molecular formula is C21H22N2O8S. The van der Waals surface area contributed by atoms with Crippen molar-refractivity contribution in [2.24, 2.45) is 0 Å². The lowest BCUT2D eigenvalue weighted by Crippen LogP contribution is -2.40. The molecule has 0 saturated carbocycles. The van der Waals surface area contributed by atoms with Gasteiger partial charge in [0.05, 0.1) is 23.7 Å². The Labute approximate surface area is 185 Å². The molecule has 0 bridgehead atoms. The van der Waals surface area contributed by atoms with E-state index in [-0.39, 0.29) is 36.9 Å². The molecule has 2 heterocycles. The van der Waals surface area contributed by atoms with Gasteiger partial charge in [-0.15, -0.1) is 0 Å². The second-order valence-electron chi connectivity index (χ2n) is 7.08. The van der Waals surface area contributed by atoms with Gasteiger partial charge in [0.2, 0.25) is 16.8 Å².